The molecule has 2 amide bonds. The molecule has 1 heterocycles. The lowest BCUT2D eigenvalue weighted by Crippen LogP contribution is -2.29. The molecule has 0 radical (unpaired) electrons. The molecule has 0 atom stereocenters. The van der Waals surface area contributed by atoms with Crippen molar-refractivity contribution in [3.05, 3.63) is 59.2 Å². The molecule has 1 saturated carbocycles. The van der Waals surface area contributed by atoms with Crippen molar-refractivity contribution in [3.63, 3.8) is 0 Å². The van der Waals surface area contributed by atoms with E-state index in [0.29, 0.717) is 28.8 Å². The van der Waals surface area contributed by atoms with Gasteiger partial charge in [0.2, 0.25) is 0 Å². The maximum atomic E-state index is 12.9. The smallest absolute Gasteiger partial charge is 0.266 e. The summed E-state index contributed by atoms with van der Waals surface area (Å²) in [7, 11) is 0. The normalized spacial score (nSPS) is 22.1. The maximum Gasteiger partial charge on any atom is 0.266 e. The van der Waals surface area contributed by atoms with Gasteiger partial charge < -0.3 is 11.1 Å². The first-order valence-corrected chi connectivity index (χ1v) is 9.62. The number of benzene rings is 2. The van der Waals surface area contributed by atoms with Gasteiger partial charge in [-0.1, -0.05) is 17.7 Å². The van der Waals surface area contributed by atoms with E-state index in [4.69, 9.17) is 5.73 Å². The number of amides is 2. The summed E-state index contributed by atoms with van der Waals surface area (Å²) < 4.78 is 0. The summed E-state index contributed by atoms with van der Waals surface area (Å²) in [6.07, 6.45) is 4.43. The lowest BCUT2D eigenvalue weighted by molar-refractivity contribution is 0.0926. The fraction of sp³-hybridized carbons (Fsp3) is 0.364. The van der Waals surface area contributed by atoms with E-state index in [2.05, 4.69) is 5.32 Å². The van der Waals surface area contributed by atoms with Crippen molar-refractivity contribution >= 4 is 23.2 Å². The highest BCUT2D eigenvalue weighted by Gasteiger charge is 2.36. The number of fused-ring (bicyclic) bond motifs is 1. The molecule has 0 spiro atoms. The molecular formula is C22H25N3O2. The zero-order valence-electron chi connectivity index (χ0n) is 15.6. The Kier molecular flexibility index (Phi) is 4.70. The third kappa shape index (κ3) is 3.47. The lowest BCUT2D eigenvalue weighted by atomic mass is 9.86. The summed E-state index contributed by atoms with van der Waals surface area (Å²) in [6.45, 7) is 2.85. The lowest BCUT2D eigenvalue weighted by Gasteiger charge is -2.26. The molecule has 27 heavy (non-hydrogen) atoms. The van der Waals surface area contributed by atoms with Gasteiger partial charge in [0, 0.05) is 18.3 Å². The third-order valence-corrected chi connectivity index (χ3v) is 5.67. The molecule has 0 unspecified atom stereocenters. The van der Waals surface area contributed by atoms with Gasteiger partial charge in [0.15, 0.2) is 0 Å². The number of hydrogen-bond donors (Lipinski definition) is 2. The summed E-state index contributed by atoms with van der Waals surface area (Å²) in [5.41, 5.74) is 9.49. The fourth-order valence-corrected chi connectivity index (χ4v) is 3.93. The molecule has 2 aromatic carbocycles. The van der Waals surface area contributed by atoms with Crippen LogP contribution < -0.4 is 16.0 Å². The summed E-state index contributed by atoms with van der Waals surface area (Å²) in [6, 6.07) is 13.2. The molecule has 0 aromatic heterocycles. The second kappa shape index (κ2) is 7.16. The number of anilines is 2. The highest BCUT2D eigenvalue weighted by atomic mass is 16.2. The molecule has 0 saturated heterocycles. The average molecular weight is 363 g/mol. The van der Waals surface area contributed by atoms with E-state index in [0.717, 1.165) is 43.5 Å². The summed E-state index contributed by atoms with van der Waals surface area (Å²) in [4.78, 5) is 26.8. The minimum absolute atomic E-state index is 0.258. The molecule has 3 N–H and O–H groups in total. The van der Waals surface area contributed by atoms with Crippen molar-refractivity contribution in [2.75, 3.05) is 16.8 Å². The molecule has 2 aliphatic rings. The van der Waals surface area contributed by atoms with Crippen LogP contribution in [0.1, 0.15) is 52.0 Å². The Morgan fingerprint density at radius 3 is 2.33 bits per heavy atom. The van der Waals surface area contributed by atoms with Gasteiger partial charge in [0.25, 0.3) is 11.8 Å². The van der Waals surface area contributed by atoms with Crippen LogP contribution in [0.4, 0.5) is 11.4 Å². The van der Waals surface area contributed by atoms with E-state index in [1.165, 1.54) is 4.90 Å². The molecule has 5 nitrogen and oxygen atoms in total. The molecule has 4 rings (SSSR count). The van der Waals surface area contributed by atoms with Gasteiger partial charge in [-0.3, -0.25) is 9.59 Å². The van der Waals surface area contributed by atoms with Crippen LogP contribution in [-0.4, -0.2) is 24.4 Å². The van der Waals surface area contributed by atoms with Gasteiger partial charge in [0.1, 0.15) is 0 Å². The van der Waals surface area contributed by atoms with Gasteiger partial charge in [0.05, 0.1) is 16.8 Å². The predicted molar refractivity (Wildman–Crippen MR) is 107 cm³/mol. The average Bonchev–Trinajstić information content (AvgIpc) is 2.92. The number of carbonyl (C=O) groups is 2. The number of hydrogen-bond acceptors (Lipinski definition) is 4. The SMILES string of the molecule is Cc1ccc(N2C(=O)c3ccc(NCC4CCC(N)CC4)cc3C2=O)cc1. The van der Waals surface area contributed by atoms with Gasteiger partial charge in [-0.2, -0.15) is 0 Å². The highest BCUT2D eigenvalue weighted by molar-refractivity contribution is 6.34. The van der Waals surface area contributed by atoms with E-state index < -0.39 is 0 Å². The predicted octanol–water partition coefficient (Wildman–Crippen LogP) is 3.73. The summed E-state index contributed by atoms with van der Waals surface area (Å²) in [5, 5.41) is 3.43. The van der Waals surface area contributed by atoms with Crippen LogP contribution in [-0.2, 0) is 0 Å². The molecule has 2 aromatic rings. The minimum Gasteiger partial charge on any atom is -0.385 e. The Bertz CT molecular complexity index is 868. The second-order valence-corrected chi connectivity index (χ2v) is 7.70. The molecule has 140 valence electrons. The first kappa shape index (κ1) is 17.7. The number of nitrogens with zero attached hydrogens (tertiary/aromatic N) is 1. The highest BCUT2D eigenvalue weighted by Crippen LogP contribution is 2.31. The van der Waals surface area contributed by atoms with Crippen LogP contribution >= 0.6 is 0 Å². The molecular weight excluding hydrogens is 338 g/mol. The van der Waals surface area contributed by atoms with Gasteiger partial charge in [-0.25, -0.2) is 4.90 Å². The largest absolute Gasteiger partial charge is 0.385 e. The van der Waals surface area contributed by atoms with Crippen molar-refractivity contribution < 1.29 is 9.59 Å². The van der Waals surface area contributed by atoms with Gasteiger partial charge >= 0.3 is 0 Å². The van der Waals surface area contributed by atoms with Crippen LogP contribution in [0.15, 0.2) is 42.5 Å². The van der Waals surface area contributed by atoms with E-state index in [-0.39, 0.29) is 11.8 Å². The minimum atomic E-state index is -0.258. The van der Waals surface area contributed by atoms with Crippen LogP contribution in [0, 0.1) is 12.8 Å². The van der Waals surface area contributed by atoms with Crippen molar-refractivity contribution in [3.8, 4) is 0 Å². The van der Waals surface area contributed by atoms with Crippen LogP contribution in [0.5, 0.6) is 0 Å². The number of nitrogens with one attached hydrogen (secondary N) is 1. The van der Waals surface area contributed by atoms with Crippen molar-refractivity contribution in [2.45, 2.75) is 38.6 Å². The Morgan fingerprint density at radius 1 is 0.963 bits per heavy atom. The quantitative estimate of drug-likeness (QED) is 0.812. The fourth-order valence-electron chi connectivity index (χ4n) is 3.93. The molecule has 1 fully saturated rings. The number of carbonyl (C=O) groups excluding carboxylic acids is 2. The van der Waals surface area contributed by atoms with Crippen LogP contribution in [0.2, 0.25) is 0 Å². The Morgan fingerprint density at radius 2 is 1.63 bits per heavy atom. The molecule has 1 aliphatic heterocycles. The maximum absolute atomic E-state index is 12.9. The van der Waals surface area contributed by atoms with Gasteiger partial charge in [-0.05, 0) is 68.9 Å². The second-order valence-electron chi connectivity index (χ2n) is 7.70. The first-order valence-electron chi connectivity index (χ1n) is 9.62. The van der Waals surface area contributed by atoms with Crippen molar-refractivity contribution in [1.29, 1.82) is 0 Å². The van der Waals surface area contributed by atoms with Gasteiger partial charge in [-0.15, -0.1) is 0 Å². The Balaban J connectivity index is 1.49. The molecule has 0 bridgehead atoms. The number of imide groups is 1. The van der Waals surface area contributed by atoms with Crippen LogP contribution in [0.3, 0.4) is 0 Å². The topological polar surface area (TPSA) is 75.4 Å². The summed E-state index contributed by atoms with van der Waals surface area (Å²) >= 11 is 0. The van der Waals surface area contributed by atoms with E-state index >= 15 is 0 Å². The molecule has 1 aliphatic carbocycles. The van der Waals surface area contributed by atoms with Crippen molar-refractivity contribution in [2.24, 2.45) is 11.7 Å². The third-order valence-electron chi connectivity index (χ3n) is 5.67. The van der Waals surface area contributed by atoms with E-state index in [9.17, 15) is 9.59 Å². The number of nitrogens with two attached hydrogens (primary N) is 1. The summed E-state index contributed by atoms with van der Waals surface area (Å²) in [5.74, 6) is 0.0947. The zero-order valence-corrected chi connectivity index (χ0v) is 15.6. The monoisotopic (exact) mass is 363 g/mol. The van der Waals surface area contributed by atoms with E-state index in [1.807, 2.05) is 37.3 Å². The van der Waals surface area contributed by atoms with Crippen molar-refractivity contribution in [1.82, 2.24) is 0 Å². The Hall–Kier alpha value is -2.66. The molecule has 5 heteroatoms. The van der Waals surface area contributed by atoms with Crippen LogP contribution in [0.25, 0.3) is 0 Å². The Labute approximate surface area is 159 Å². The standard InChI is InChI=1S/C22H25N3O2/c1-14-2-9-18(10-3-14)25-21(26)19-11-8-17(12-20(19)22(25)27)24-13-15-4-6-16(23)7-5-15/h2-3,8-12,15-16,24H,4-7,13,23H2,1H3. The number of aryl methyl sites for hydroxylation is 1. The number of rotatable bonds is 4. The first-order chi connectivity index (χ1) is 13.0. The zero-order chi connectivity index (χ0) is 19.0. The van der Waals surface area contributed by atoms with E-state index in [1.54, 1.807) is 12.1 Å².